The second-order valence-electron chi connectivity index (χ2n) is 2.55. The first-order valence-electron chi connectivity index (χ1n) is 3.89. The molecule has 0 aliphatic heterocycles. The SMILES string of the molecule is CCCCC(Cl)C(=O)/C(Cl)=C(/Cl)Br. The molecule has 0 fully saturated rings. The van der Waals surface area contributed by atoms with Crippen molar-refractivity contribution in [3.05, 3.63) is 8.97 Å². The molecule has 0 aromatic heterocycles. The molecular formula is C8H10BrCl3O. The molecule has 1 atom stereocenters. The molecule has 0 spiro atoms. The number of rotatable bonds is 5. The summed E-state index contributed by atoms with van der Waals surface area (Å²) >= 11 is 19.8. The Balaban J connectivity index is 4.19. The van der Waals surface area contributed by atoms with E-state index in [9.17, 15) is 4.79 Å². The number of hydrogen-bond acceptors (Lipinski definition) is 1. The second-order valence-corrected chi connectivity index (χ2v) is 5.08. The molecule has 0 aliphatic carbocycles. The number of Topliss-reactive ketones (excluding diaryl/α,β-unsaturated/α-hetero) is 1. The van der Waals surface area contributed by atoms with Crippen molar-refractivity contribution in [2.45, 2.75) is 31.6 Å². The summed E-state index contributed by atoms with van der Waals surface area (Å²) in [6, 6.07) is 0. The third kappa shape index (κ3) is 5.26. The van der Waals surface area contributed by atoms with E-state index in [2.05, 4.69) is 15.9 Å². The topological polar surface area (TPSA) is 17.1 Å². The minimum absolute atomic E-state index is 0.0298. The quantitative estimate of drug-likeness (QED) is 0.543. The molecule has 0 aromatic carbocycles. The molecule has 0 aliphatic rings. The number of halogens is 4. The minimum atomic E-state index is -0.571. The molecular weight excluding hydrogens is 298 g/mol. The van der Waals surface area contributed by atoms with Gasteiger partial charge in [-0.05, 0) is 22.4 Å². The monoisotopic (exact) mass is 306 g/mol. The van der Waals surface area contributed by atoms with Crippen LogP contribution < -0.4 is 0 Å². The van der Waals surface area contributed by atoms with E-state index in [1.54, 1.807) is 0 Å². The maximum absolute atomic E-state index is 11.4. The Labute approximate surface area is 102 Å². The lowest BCUT2D eigenvalue weighted by atomic mass is 10.1. The lowest BCUT2D eigenvalue weighted by Crippen LogP contribution is -2.14. The van der Waals surface area contributed by atoms with Gasteiger partial charge in [-0.15, -0.1) is 11.6 Å². The van der Waals surface area contributed by atoms with Crippen molar-refractivity contribution in [1.82, 2.24) is 0 Å². The predicted molar refractivity (Wildman–Crippen MR) is 61.8 cm³/mol. The van der Waals surface area contributed by atoms with E-state index in [0.29, 0.717) is 6.42 Å². The fourth-order valence-corrected chi connectivity index (χ4v) is 1.48. The van der Waals surface area contributed by atoms with Crippen LogP contribution in [0.5, 0.6) is 0 Å². The number of unbranched alkanes of at least 4 members (excludes halogenated alkanes) is 1. The average Bonchev–Trinajstić information content (AvgIpc) is 2.11. The van der Waals surface area contributed by atoms with Crippen LogP contribution in [0.3, 0.4) is 0 Å². The van der Waals surface area contributed by atoms with Crippen LogP contribution >= 0.6 is 50.7 Å². The van der Waals surface area contributed by atoms with Gasteiger partial charge in [0.25, 0.3) is 0 Å². The van der Waals surface area contributed by atoms with Gasteiger partial charge in [-0.25, -0.2) is 0 Å². The average molecular weight is 308 g/mol. The summed E-state index contributed by atoms with van der Waals surface area (Å²) in [5.41, 5.74) is 0. The molecule has 76 valence electrons. The summed E-state index contributed by atoms with van der Waals surface area (Å²) in [4.78, 5) is 11.4. The zero-order valence-electron chi connectivity index (χ0n) is 7.12. The summed E-state index contributed by atoms with van der Waals surface area (Å²) in [7, 11) is 0. The van der Waals surface area contributed by atoms with Gasteiger partial charge < -0.3 is 0 Å². The highest BCUT2D eigenvalue weighted by Crippen LogP contribution is 2.24. The van der Waals surface area contributed by atoms with Gasteiger partial charge >= 0.3 is 0 Å². The van der Waals surface area contributed by atoms with Crippen LogP contribution in [0, 0.1) is 0 Å². The fourth-order valence-electron chi connectivity index (χ4n) is 0.745. The van der Waals surface area contributed by atoms with Gasteiger partial charge in [-0.1, -0.05) is 43.0 Å². The maximum atomic E-state index is 11.4. The van der Waals surface area contributed by atoms with Gasteiger partial charge in [0, 0.05) is 0 Å². The van der Waals surface area contributed by atoms with Gasteiger partial charge in [-0.2, -0.15) is 0 Å². The van der Waals surface area contributed by atoms with Gasteiger partial charge in [0.2, 0.25) is 0 Å². The maximum Gasteiger partial charge on any atom is 0.194 e. The number of alkyl halides is 1. The Kier molecular flexibility index (Phi) is 7.52. The van der Waals surface area contributed by atoms with Crippen LogP contribution in [-0.4, -0.2) is 11.2 Å². The van der Waals surface area contributed by atoms with Gasteiger partial charge in [0.15, 0.2) is 5.78 Å². The summed E-state index contributed by atoms with van der Waals surface area (Å²) in [5, 5.41) is -0.600. The molecule has 0 saturated carbocycles. The van der Waals surface area contributed by atoms with E-state index in [0.717, 1.165) is 12.8 Å². The zero-order chi connectivity index (χ0) is 10.4. The molecule has 0 aromatic rings. The molecule has 0 radical (unpaired) electrons. The van der Waals surface area contributed by atoms with Crippen molar-refractivity contribution >= 4 is 56.5 Å². The molecule has 0 amide bonds. The summed E-state index contributed by atoms with van der Waals surface area (Å²) in [6.07, 6.45) is 2.54. The van der Waals surface area contributed by atoms with Gasteiger partial charge in [-0.3, -0.25) is 4.79 Å². The Morgan fingerprint density at radius 2 is 2.00 bits per heavy atom. The van der Waals surface area contributed by atoms with E-state index in [4.69, 9.17) is 34.8 Å². The number of hydrogen-bond donors (Lipinski definition) is 0. The van der Waals surface area contributed by atoms with Crippen molar-refractivity contribution in [3.8, 4) is 0 Å². The smallest absolute Gasteiger partial charge is 0.194 e. The minimum Gasteiger partial charge on any atom is -0.291 e. The number of ketones is 1. The molecule has 13 heavy (non-hydrogen) atoms. The summed E-state index contributed by atoms with van der Waals surface area (Å²) < 4.78 is 0.112. The molecule has 0 N–H and O–H groups in total. The van der Waals surface area contributed by atoms with E-state index < -0.39 is 5.38 Å². The summed E-state index contributed by atoms with van der Waals surface area (Å²) in [5.74, 6) is -0.321. The largest absolute Gasteiger partial charge is 0.291 e. The van der Waals surface area contributed by atoms with Gasteiger partial charge in [0.1, 0.15) is 8.97 Å². The van der Waals surface area contributed by atoms with Crippen LogP contribution in [0.1, 0.15) is 26.2 Å². The van der Waals surface area contributed by atoms with Crippen molar-refractivity contribution in [1.29, 1.82) is 0 Å². The van der Waals surface area contributed by atoms with Crippen LogP contribution in [0.25, 0.3) is 0 Å². The molecule has 0 heterocycles. The lowest BCUT2D eigenvalue weighted by Gasteiger charge is -2.06. The zero-order valence-corrected chi connectivity index (χ0v) is 11.0. The lowest BCUT2D eigenvalue weighted by molar-refractivity contribution is -0.114. The first-order valence-corrected chi connectivity index (χ1v) is 5.88. The fraction of sp³-hybridized carbons (Fsp3) is 0.625. The Morgan fingerprint density at radius 1 is 1.46 bits per heavy atom. The Morgan fingerprint density at radius 3 is 2.38 bits per heavy atom. The molecule has 1 nitrogen and oxygen atoms in total. The number of carbonyl (C=O) groups excluding carboxylic acids is 1. The van der Waals surface area contributed by atoms with E-state index in [-0.39, 0.29) is 14.8 Å². The standard InChI is InChI=1S/C8H10BrCl3O/c1-2-3-4-5(10)7(13)6(11)8(9)12/h5H,2-4H2,1H3/b8-6-. The highest BCUT2D eigenvalue weighted by Gasteiger charge is 2.19. The molecule has 0 saturated heterocycles. The van der Waals surface area contributed by atoms with Crippen molar-refractivity contribution in [2.75, 3.05) is 0 Å². The van der Waals surface area contributed by atoms with Crippen molar-refractivity contribution in [2.24, 2.45) is 0 Å². The number of allylic oxidation sites excluding steroid dienone is 1. The van der Waals surface area contributed by atoms with E-state index in [1.807, 2.05) is 6.92 Å². The second kappa shape index (κ2) is 7.10. The number of carbonyl (C=O) groups is 1. The van der Waals surface area contributed by atoms with E-state index >= 15 is 0 Å². The highest BCUT2D eigenvalue weighted by molar-refractivity contribution is 9.12. The Bertz CT molecular complexity index is 211. The Hall–Kier alpha value is 0.760. The normalized spacial score (nSPS) is 15.2. The first-order chi connectivity index (χ1) is 6.00. The molecule has 0 bridgehead atoms. The van der Waals surface area contributed by atoms with E-state index in [1.165, 1.54) is 0 Å². The van der Waals surface area contributed by atoms with Crippen LogP contribution in [0.2, 0.25) is 0 Å². The third-order valence-corrected chi connectivity index (χ3v) is 3.18. The third-order valence-electron chi connectivity index (χ3n) is 1.48. The summed E-state index contributed by atoms with van der Waals surface area (Å²) in [6.45, 7) is 2.03. The molecule has 1 unspecified atom stereocenters. The van der Waals surface area contributed by atoms with Crippen molar-refractivity contribution < 1.29 is 4.79 Å². The first kappa shape index (κ1) is 13.8. The highest BCUT2D eigenvalue weighted by atomic mass is 79.9. The van der Waals surface area contributed by atoms with Crippen molar-refractivity contribution in [3.63, 3.8) is 0 Å². The van der Waals surface area contributed by atoms with Gasteiger partial charge in [0.05, 0.1) is 5.38 Å². The predicted octanol–water partition coefficient (Wildman–Crippen LogP) is 4.39. The van der Waals surface area contributed by atoms with Crippen LogP contribution in [0.4, 0.5) is 0 Å². The van der Waals surface area contributed by atoms with Crippen LogP contribution in [-0.2, 0) is 4.79 Å². The molecule has 5 heteroatoms. The van der Waals surface area contributed by atoms with Crippen LogP contribution in [0.15, 0.2) is 8.97 Å². The molecule has 0 rings (SSSR count).